The van der Waals surface area contributed by atoms with Crippen molar-refractivity contribution in [3.8, 4) is 11.4 Å². The first-order valence-electron chi connectivity index (χ1n) is 9.14. The van der Waals surface area contributed by atoms with E-state index in [2.05, 4.69) is 24.6 Å². The molecule has 6 nitrogen and oxygen atoms in total. The summed E-state index contributed by atoms with van der Waals surface area (Å²) in [6, 6.07) is 11.2. The van der Waals surface area contributed by atoms with E-state index in [9.17, 15) is 4.21 Å². The molecule has 3 aliphatic rings. The number of imidazole rings is 1. The molecule has 140 valence electrons. The Morgan fingerprint density at radius 1 is 1.26 bits per heavy atom. The quantitative estimate of drug-likeness (QED) is 0.519. The lowest BCUT2D eigenvalue weighted by atomic mass is 9.77. The molecule has 0 amide bonds. The van der Waals surface area contributed by atoms with Gasteiger partial charge >= 0.3 is 0 Å². The second-order valence-corrected chi connectivity index (χ2v) is 9.03. The van der Waals surface area contributed by atoms with Crippen molar-refractivity contribution in [3.05, 3.63) is 41.6 Å². The number of fused-ring (bicyclic) bond motifs is 3. The van der Waals surface area contributed by atoms with E-state index in [1.54, 1.807) is 12.5 Å². The average Bonchev–Trinajstić information content (AvgIpc) is 3.06. The molecule has 3 fully saturated rings. The largest absolute Gasteiger partial charge is 0.350 e. The zero-order valence-corrected chi connectivity index (χ0v) is 16.5. The van der Waals surface area contributed by atoms with Crippen molar-refractivity contribution in [1.82, 2.24) is 19.7 Å². The summed E-state index contributed by atoms with van der Waals surface area (Å²) in [5, 5.41) is 0.589. The molecule has 1 aromatic carbocycles. The number of aromatic amines is 1. The number of H-pyrrole nitrogens is 1. The second kappa shape index (κ2) is 6.58. The van der Waals surface area contributed by atoms with Gasteiger partial charge in [-0.3, -0.25) is 0 Å². The summed E-state index contributed by atoms with van der Waals surface area (Å²) in [5.74, 6) is 1.70. The van der Waals surface area contributed by atoms with E-state index in [-0.39, 0.29) is 0 Å². The number of pyridine rings is 1. The van der Waals surface area contributed by atoms with Crippen molar-refractivity contribution in [2.45, 2.75) is 37.4 Å². The standard InChI is InChI=1S/C19H20ClN5OS/c1-27(26)24-11-6-12-8-13(7-11)25(12)18-9-14(15(20)10-21-18)19-22-16-4-2-3-5-17(16)23-19/h2-5,9-13H,6-8H2,1H3,(H,22,23)(H,24,26)/p+1/t11?,12-,13?,27?/m0/s1. The highest BCUT2D eigenvalue weighted by atomic mass is 35.5. The van der Waals surface area contributed by atoms with Gasteiger partial charge in [-0.05, 0) is 37.5 Å². The Kier molecular flexibility index (Phi) is 4.18. The molecule has 1 aliphatic carbocycles. The maximum atomic E-state index is 11.5. The molecular formula is C19H21ClN5OS+. The fourth-order valence-corrected chi connectivity index (χ4v) is 5.36. The van der Waals surface area contributed by atoms with E-state index >= 15 is 0 Å². The van der Waals surface area contributed by atoms with Gasteiger partial charge in [0.2, 0.25) is 0 Å². The number of aromatic nitrogens is 3. The van der Waals surface area contributed by atoms with Gasteiger partial charge in [-0.2, -0.15) is 0 Å². The second-order valence-electron chi connectivity index (χ2n) is 7.37. The van der Waals surface area contributed by atoms with Crippen LogP contribution in [0.5, 0.6) is 0 Å². The van der Waals surface area contributed by atoms with Crippen LogP contribution in [-0.4, -0.2) is 39.3 Å². The lowest BCUT2D eigenvalue weighted by molar-refractivity contribution is 0.210. The summed E-state index contributed by atoms with van der Waals surface area (Å²) in [4.78, 5) is 15.0. The Balaban J connectivity index is 1.44. The van der Waals surface area contributed by atoms with Crippen molar-refractivity contribution in [2.24, 2.45) is 0 Å². The van der Waals surface area contributed by atoms with Crippen molar-refractivity contribution >= 4 is 39.4 Å². The minimum absolute atomic E-state index is 0.334. The van der Waals surface area contributed by atoms with Gasteiger partial charge in [0, 0.05) is 23.8 Å². The number of anilines is 1. The normalized spacial score (nSPS) is 25.4. The van der Waals surface area contributed by atoms with Gasteiger partial charge in [-0.15, -0.1) is 4.72 Å². The number of nitrogens with zero attached hydrogens (tertiary/aromatic N) is 3. The Hall–Kier alpha value is -1.96. The molecule has 2 aromatic heterocycles. The van der Waals surface area contributed by atoms with Crippen LogP contribution >= 0.6 is 11.6 Å². The van der Waals surface area contributed by atoms with Crippen LogP contribution in [0.15, 0.2) is 36.5 Å². The van der Waals surface area contributed by atoms with E-state index in [0.29, 0.717) is 23.1 Å². The zero-order valence-electron chi connectivity index (χ0n) is 14.9. The lowest BCUT2D eigenvalue weighted by Crippen LogP contribution is -2.64. The highest BCUT2D eigenvalue weighted by Gasteiger charge is 2.46. The molecule has 3 aromatic rings. The number of hydrogen-bond donors (Lipinski definition) is 2. The molecule has 1 saturated carbocycles. The summed E-state index contributed by atoms with van der Waals surface area (Å²) in [6.45, 7) is 0. The SMILES string of the molecule is C[SH+](=O)NC1CC2C[C@H](C1)N2c1cc(-c2nc3ccccc3[nH]2)c(Cl)cn1. The molecule has 0 radical (unpaired) electrons. The number of nitrogens with one attached hydrogen (secondary N) is 2. The van der Waals surface area contributed by atoms with E-state index in [1.165, 1.54) is 6.42 Å². The third-order valence-electron chi connectivity index (χ3n) is 5.56. The van der Waals surface area contributed by atoms with Gasteiger partial charge in [0.25, 0.3) is 0 Å². The van der Waals surface area contributed by atoms with Crippen LogP contribution in [-0.2, 0) is 15.2 Å². The maximum absolute atomic E-state index is 11.5. The fraction of sp³-hybridized carbons (Fsp3) is 0.368. The first kappa shape index (κ1) is 17.2. The van der Waals surface area contributed by atoms with Gasteiger partial charge in [-0.25, -0.2) is 9.97 Å². The first-order chi connectivity index (χ1) is 13.1. The highest BCUT2D eigenvalue weighted by Crippen LogP contribution is 2.42. The van der Waals surface area contributed by atoms with Crippen LogP contribution in [0.25, 0.3) is 22.4 Å². The van der Waals surface area contributed by atoms with Crippen molar-refractivity contribution in [2.75, 3.05) is 11.2 Å². The Morgan fingerprint density at radius 2 is 2.04 bits per heavy atom. The highest BCUT2D eigenvalue weighted by molar-refractivity contribution is 7.82. The molecule has 0 spiro atoms. The smallest absolute Gasteiger partial charge is 0.140 e. The van der Waals surface area contributed by atoms with Crippen LogP contribution < -0.4 is 9.62 Å². The molecule has 2 saturated heterocycles. The van der Waals surface area contributed by atoms with Crippen LogP contribution in [0.2, 0.25) is 5.02 Å². The van der Waals surface area contributed by atoms with E-state index in [1.807, 2.05) is 30.3 Å². The molecule has 2 aliphatic heterocycles. The third-order valence-corrected chi connectivity index (χ3v) is 6.59. The summed E-state index contributed by atoms with van der Waals surface area (Å²) >= 11 is 6.44. The van der Waals surface area contributed by atoms with E-state index in [4.69, 9.17) is 11.6 Å². The number of para-hydroxylation sites is 2. The van der Waals surface area contributed by atoms with Crippen LogP contribution in [0.4, 0.5) is 5.82 Å². The minimum Gasteiger partial charge on any atom is -0.350 e. The summed E-state index contributed by atoms with van der Waals surface area (Å²) < 4.78 is 14.7. The Bertz CT molecular complexity index is 993. The molecule has 2 bridgehead atoms. The van der Waals surface area contributed by atoms with Gasteiger partial charge < -0.3 is 9.88 Å². The molecule has 4 heterocycles. The predicted octanol–water partition coefficient (Wildman–Crippen LogP) is 3.22. The molecule has 8 heteroatoms. The minimum atomic E-state index is -1.30. The number of piperidine rings is 1. The number of halogens is 1. The molecule has 6 rings (SSSR count). The number of hydrogen-bond acceptors (Lipinski definition) is 4. The topological polar surface area (TPSA) is 73.9 Å². The number of benzene rings is 1. The third kappa shape index (κ3) is 3.03. The zero-order chi connectivity index (χ0) is 18.5. The average molecular weight is 403 g/mol. The Labute approximate surface area is 164 Å². The first-order valence-corrected chi connectivity index (χ1v) is 11.2. The van der Waals surface area contributed by atoms with E-state index in [0.717, 1.165) is 41.1 Å². The van der Waals surface area contributed by atoms with Gasteiger partial charge in [0.1, 0.15) is 28.9 Å². The van der Waals surface area contributed by atoms with Gasteiger partial charge in [0.05, 0.1) is 22.1 Å². The molecule has 2 N–H and O–H groups in total. The van der Waals surface area contributed by atoms with Crippen molar-refractivity contribution in [3.63, 3.8) is 0 Å². The van der Waals surface area contributed by atoms with Crippen molar-refractivity contribution in [1.29, 1.82) is 0 Å². The number of rotatable bonds is 4. The molecule has 4 atom stereocenters. The van der Waals surface area contributed by atoms with E-state index < -0.39 is 11.0 Å². The van der Waals surface area contributed by atoms with Crippen LogP contribution in [0.3, 0.4) is 0 Å². The van der Waals surface area contributed by atoms with Gasteiger partial charge in [-0.1, -0.05) is 27.9 Å². The Morgan fingerprint density at radius 3 is 2.78 bits per heavy atom. The lowest BCUT2D eigenvalue weighted by Gasteiger charge is -2.55. The molecular weight excluding hydrogens is 382 g/mol. The van der Waals surface area contributed by atoms with Crippen LogP contribution in [0.1, 0.15) is 19.3 Å². The maximum Gasteiger partial charge on any atom is 0.140 e. The van der Waals surface area contributed by atoms with Crippen molar-refractivity contribution < 1.29 is 4.21 Å². The monoisotopic (exact) mass is 402 g/mol. The number of thiol groups is 1. The van der Waals surface area contributed by atoms with Gasteiger partial charge in [0.15, 0.2) is 0 Å². The molecule has 27 heavy (non-hydrogen) atoms. The predicted molar refractivity (Wildman–Crippen MR) is 111 cm³/mol. The fourth-order valence-electron chi connectivity index (χ4n) is 4.44. The molecule has 3 unspecified atom stereocenters. The summed E-state index contributed by atoms with van der Waals surface area (Å²) in [7, 11) is -1.30. The van der Waals surface area contributed by atoms with Crippen LogP contribution in [0, 0.1) is 0 Å². The summed E-state index contributed by atoms with van der Waals surface area (Å²) in [5.41, 5.74) is 2.78. The summed E-state index contributed by atoms with van der Waals surface area (Å²) in [6.07, 6.45) is 6.61.